The minimum Gasteiger partial charge on any atom is -0.444 e. The third-order valence-electron chi connectivity index (χ3n) is 4.43. The molecule has 0 fully saturated rings. The second kappa shape index (κ2) is 10.2. The second-order valence-corrected chi connectivity index (χ2v) is 9.03. The molecule has 0 aliphatic carbocycles. The van der Waals surface area contributed by atoms with E-state index in [1.54, 1.807) is 51.1 Å². The largest absolute Gasteiger partial charge is 0.444 e. The van der Waals surface area contributed by atoms with Gasteiger partial charge in [-0.2, -0.15) is 0 Å². The maximum atomic E-state index is 12.9. The van der Waals surface area contributed by atoms with E-state index >= 15 is 0 Å². The van der Waals surface area contributed by atoms with Gasteiger partial charge in [0, 0.05) is 11.3 Å². The van der Waals surface area contributed by atoms with E-state index in [0.29, 0.717) is 22.0 Å². The fraction of sp³-hybridized carbons (Fsp3) is 0.200. The summed E-state index contributed by atoms with van der Waals surface area (Å²) < 4.78 is 5.26. The van der Waals surface area contributed by atoms with Gasteiger partial charge in [-0.15, -0.1) is 0 Å². The Kier molecular flexibility index (Phi) is 7.61. The molecule has 2 aromatic carbocycles. The van der Waals surface area contributed by atoms with Gasteiger partial charge < -0.3 is 10.1 Å². The first-order valence-electron chi connectivity index (χ1n) is 10.2. The third-order valence-corrected chi connectivity index (χ3v) is 5.06. The van der Waals surface area contributed by atoms with Crippen molar-refractivity contribution in [1.29, 1.82) is 0 Å². The Balaban J connectivity index is 1.88. The number of nitrogens with one attached hydrogen (secondary N) is 2. The van der Waals surface area contributed by atoms with E-state index in [1.807, 2.05) is 31.5 Å². The van der Waals surface area contributed by atoms with Crippen LogP contribution in [0.25, 0.3) is 11.3 Å². The standard InChI is InChI=1S/C25H24Cl2N3O3/c1-5-15-8-6-9-16(12-15)28-23(31)18-13-17(19(26)14-20(18)27)21-10-7-11-22(29-21)30-24(32)33-25(2,3)4/h5-14H,1-4H3,(H,28,31)(H,29,30,32). The zero-order valence-corrected chi connectivity index (χ0v) is 20.2. The van der Waals surface area contributed by atoms with Crippen LogP contribution in [0.2, 0.25) is 10.0 Å². The molecule has 0 bridgehead atoms. The predicted molar refractivity (Wildman–Crippen MR) is 133 cm³/mol. The number of ether oxygens (including phenoxy) is 1. The first-order valence-corrected chi connectivity index (χ1v) is 11.0. The van der Waals surface area contributed by atoms with Crippen LogP contribution in [0.4, 0.5) is 16.3 Å². The van der Waals surface area contributed by atoms with Gasteiger partial charge in [0.05, 0.1) is 21.3 Å². The van der Waals surface area contributed by atoms with Crippen molar-refractivity contribution in [1.82, 2.24) is 4.98 Å². The van der Waals surface area contributed by atoms with E-state index in [4.69, 9.17) is 27.9 Å². The first-order chi connectivity index (χ1) is 15.6. The van der Waals surface area contributed by atoms with Crippen LogP contribution in [-0.2, 0) is 4.74 Å². The number of nitrogens with zero attached hydrogens (tertiary/aromatic N) is 1. The van der Waals surface area contributed by atoms with Gasteiger partial charge in [-0.1, -0.05) is 48.3 Å². The van der Waals surface area contributed by atoms with E-state index in [-0.39, 0.29) is 22.3 Å². The number of hydrogen-bond acceptors (Lipinski definition) is 4. The van der Waals surface area contributed by atoms with Crippen LogP contribution < -0.4 is 10.6 Å². The highest BCUT2D eigenvalue weighted by molar-refractivity contribution is 6.38. The Bertz CT molecular complexity index is 1190. The van der Waals surface area contributed by atoms with Crippen molar-refractivity contribution in [2.45, 2.75) is 33.3 Å². The van der Waals surface area contributed by atoms with Crippen molar-refractivity contribution in [2.24, 2.45) is 0 Å². The van der Waals surface area contributed by atoms with Crippen LogP contribution in [0, 0.1) is 6.42 Å². The molecule has 8 heteroatoms. The Morgan fingerprint density at radius 2 is 1.70 bits per heavy atom. The molecule has 0 aliphatic rings. The average molecular weight is 485 g/mol. The molecule has 3 rings (SSSR count). The summed E-state index contributed by atoms with van der Waals surface area (Å²) in [7, 11) is 0. The van der Waals surface area contributed by atoms with Crippen LogP contribution >= 0.6 is 23.2 Å². The summed E-state index contributed by atoms with van der Waals surface area (Å²) in [5.41, 5.74) is 2.18. The molecule has 171 valence electrons. The highest BCUT2D eigenvalue weighted by Gasteiger charge is 2.19. The van der Waals surface area contributed by atoms with Gasteiger partial charge in [0.2, 0.25) is 0 Å². The molecule has 3 aromatic rings. The number of halogens is 2. The summed E-state index contributed by atoms with van der Waals surface area (Å²) >= 11 is 12.7. The van der Waals surface area contributed by atoms with Crippen LogP contribution in [0.3, 0.4) is 0 Å². The van der Waals surface area contributed by atoms with Crippen molar-refractivity contribution in [3.05, 3.63) is 82.2 Å². The normalized spacial score (nSPS) is 11.1. The number of carbonyl (C=O) groups is 2. The molecule has 1 aromatic heterocycles. The van der Waals surface area contributed by atoms with Crippen molar-refractivity contribution in [2.75, 3.05) is 10.6 Å². The Morgan fingerprint density at radius 3 is 2.39 bits per heavy atom. The summed E-state index contributed by atoms with van der Waals surface area (Å²) in [5.74, 6) is -0.0967. The highest BCUT2D eigenvalue weighted by Crippen LogP contribution is 2.33. The van der Waals surface area contributed by atoms with E-state index in [9.17, 15) is 9.59 Å². The van der Waals surface area contributed by atoms with Crippen LogP contribution in [0.15, 0.2) is 54.6 Å². The molecule has 2 N–H and O–H groups in total. The molecule has 0 spiro atoms. The summed E-state index contributed by atoms with van der Waals surface area (Å²) in [4.78, 5) is 29.4. The fourth-order valence-electron chi connectivity index (χ4n) is 2.98. The maximum Gasteiger partial charge on any atom is 0.413 e. The zero-order valence-electron chi connectivity index (χ0n) is 18.7. The number of rotatable bonds is 5. The topological polar surface area (TPSA) is 80.3 Å². The molecule has 2 amide bonds. The summed E-state index contributed by atoms with van der Waals surface area (Å²) in [5, 5.41) is 5.98. The minimum atomic E-state index is -0.641. The molecular formula is C25H24Cl2N3O3. The maximum absolute atomic E-state index is 12.9. The quantitative estimate of drug-likeness (QED) is 0.400. The van der Waals surface area contributed by atoms with Crippen molar-refractivity contribution < 1.29 is 14.3 Å². The summed E-state index contributed by atoms with van der Waals surface area (Å²) in [6.07, 6.45) is 1.31. The van der Waals surface area contributed by atoms with Crippen molar-refractivity contribution in [3.8, 4) is 11.3 Å². The monoisotopic (exact) mass is 484 g/mol. The van der Waals surface area contributed by atoms with Gasteiger partial charge in [0.15, 0.2) is 0 Å². The van der Waals surface area contributed by atoms with Crippen LogP contribution in [0.5, 0.6) is 0 Å². The zero-order chi connectivity index (χ0) is 24.2. The number of carbonyl (C=O) groups excluding carboxylic acids is 2. The molecule has 0 saturated carbocycles. The lowest BCUT2D eigenvalue weighted by Gasteiger charge is -2.19. The van der Waals surface area contributed by atoms with E-state index < -0.39 is 11.7 Å². The van der Waals surface area contributed by atoms with Crippen LogP contribution in [0.1, 0.15) is 43.6 Å². The lowest BCUT2D eigenvalue weighted by Crippen LogP contribution is -2.27. The van der Waals surface area contributed by atoms with Gasteiger partial charge >= 0.3 is 6.09 Å². The van der Waals surface area contributed by atoms with Gasteiger partial charge in [-0.3, -0.25) is 10.1 Å². The average Bonchev–Trinajstić information content (AvgIpc) is 2.72. The fourth-order valence-corrected chi connectivity index (χ4v) is 3.54. The molecule has 0 saturated heterocycles. The molecule has 6 nitrogen and oxygen atoms in total. The van der Waals surface area contributed by atoms with E-state index in [0.717, 1.165) is 5.56 Å². The Morgan fingerprint density at radius 1 is 0.970 bits per heavy atom. The molecule has 1 heterocycles. The van der Waals surface area contributed by atoms with Crippen LogP contribution in [-0.4, -0.2) is 22.6 Å². The number of hydrogen-bond donors (Lipinski definition) is 2. The van der Waals surface area contributed by atoms with E-state index in [1.165, 1.54) is 6.07 Å². The molecule has 0 atom stereocenters. The van der Waals surface area contributed by atoms with Crippen molar-refractivity contribution >= 4 is 46.7 Å². The molecule has 1 radical (unpaired) electrons. The minimum absolute atomic E-state index is 0.211. The SMILES string of the molecule is C[CH]c1cccc(NC(=O)c2cc(-c3cccc(NC(=O)OC(C)(C)C)n3)c(Cl)cc2Cl)c1. The molecule has 0 aliphatic heterocycles. The number of amides is 2. The first kappa shape index (κ1) is 24.6. The number of benzene rings is 2. The third kappa shape index (κ3) is 6.70. The predicted octanol–water partition coefficient (Wildman–Crippen LogP) is 7.23. The number of pyridine rings is 1. The van der Waals surface area contributed by atoms with Gasteiger partial charge in [-0.05, 0) is 69.2 Å². The van der Waals surface area contributed by atoms with E-state index in [2.05, 4.69) is 15.6 Å². The smallest absolute Gasteiger partial charge is 0.413 e. The highest BCUT2D eigenvalue weighted by atomic mass is 35.5. The molecular weight excluding hydrogens is 461 g/mol. The van der Waals surface area contributed by atoms with Crippen molar-refractivity contribution in [3.63, 3.8) is 0 Å². The second-order valence-electron chi connectivity index (χ2n) is 8.22. The Hall–Kier alpha value is -3.09. The number of anilines is 2. The Labute approximate surface area is 203 Å². The van der Waals surface area contributed by atoms with Gasteiger partial charge in [-0.25, -0.2) is 9.78 Å². The molecule has 33 heavy (non-hydrogen) atoms. The number of aromatic nitrogens is 1. The van der Waals surface area contributed by atoms with Gasteiger partial charge in [0.1, 0.15) is 11.4 Å². The summed E-state index contributed by atoms with van der Waals surface area (Å²) in [6.45, 7) is 7.23. The van der Waals surface area contributed by atoms with Gasteiger partial charge in [0.25, 0.3) is 5.91 Å². The lowest BCUT2D eigenvalue weighted by atomic mass is 10.1. The molecule has 0 unspecified atom stereocenters. The lowest BCUT2D eigenvalue weighted by molar-refractivity contribution is 0.0635. The summed E-state index contributed by atoms with van der Waals surface area (Å²) in [6, 6.07) is 15.6.